The van der Waals surface area contributed by atoms with E-state index < -0.39 is 0 Å². The Labute approximate surface area is 177 Å². The molecule has 2 fully saturated rings. The third-order valence-electron chi connectivity index (χ3n) is 6.88. The maximum absolute atomic E-state index is 13.1. The van der Waals surface area contributed by atoms with E-state index in [1.54, 1.807) is 12.1 Å². The van der Waals surface area contributed by atoms with Gasteiger partial charge >= 0.3 is 0 Å². The quantitative estimate of drug-likeness (QED) is 0.817. The van der Waals surface area contributed by atoms with E-state index in [2.05, 4.69) is 5.32 Å². The minimum absolute atomic E-state index is 0. The molecule has 2 atom stereocenters. The van der Waals surface area contributed by atoms with Gasteiger partial charge in [-0.15, -0.1) is 12.4 Å². The largest absolute Gasteiger partial charge is 0.339 e. The Morgan fingerprint density at radius 3 is 2.69 bits per heavy atom. The van der Waals surface area contributed by atoms with Crippen LogP contribution in [0.3, 0.4) is 0 Å². The van der Waals surface area contributed by atoms with Gasteiger partial charge in [-0.1, -0.05) is 6.42 Å². The molecule has 0 saturated carbocycles. The summed E-state index contributed by atoms with van der Waals surface area (Å²) in [7, 11) is 1.92. The summed E-state index contributed by atoms with van der Waals surface area (Å²) in [6, 6.07) is 6.78. The molecule has 0 aliphatic carbocycles. The Bertz CT molecular complexity index is 977. The number of halogens is 1. The highest BCUT2D eigenvalue weighted by molar-refractivity contribution is 5.97. The molecule has 1 aromatic heterocycles. The Balaban J connectivity index is 0.00000205. The van der Waals surface area contributed by atoms with Crippen LogP contribution in [0.4, 0.5) is 0 Å². The topological polar surface area (TPSA) is 67.2 Å². The summed E-state index contributed by atoms with van der Waals surface area (Å²) in [6.45, 7) is 0.749. The molecule has 6 nitrogen and oxygen atoms in total. The van der Waals surface area contributed by atoms with Gasteiger partial charge in [0.05, 0.1) is 10.9 Å². The fourth-order valence-corrected chi connectivity index (χ4v) is 5.26. The molecule has 0 radical (unpaired) electrons. The zero-order valence-corrected chi connectivity index (χ0v) is 17.7. The van der Waals surface area contributed by atoms with Gasteiger partial charge in [0.1, 0.15) is 5.82 Å². The second-order valence-electron chi connectivity index (χ2n) is 8.71. The number of amides is 1. The highest BCUT2D eigenvalue weighted by Gasteiger charge is 2.36. The highest BCUT2D eigenvalue weighted by atomic mass is 35.5. The van der Waals surface area contributed by atoms with Gasteiger partial charge in [-0.25, -0.2) is 4.98 Å². The number of benzene rings is 1. The second kappa shape index (κ2) is 8.07. The van der Waals surface area contributed by atoms with E-state index in [4.69, 9.17) is 4.98 Å². The van der Waals surface area contributed by atoms with Crippen molar-refractivity contribution in [1.29, 1.82) is 0 Å². The third-order valence-corrected chi connectivity index (χ3v) is 6.88. The molecule has 2 unspecified atom stereocenters. The summed E-state index contributed by atoms with van der Waals surface area (Å²) >= 11 is 0. The van der Waals surface area contributed by atoms with Gasteiger partial charge in [0, 0.05) is 43.7 Å². The van der Waals surface area contributed by atoms with E-state index >= 15 is 0 Å². The van der Waals surface area contributed by atoms with Gasteiger partial charge in [0.15, 0.2) is 0 Å². The van der Waals surface area contributed by atoms with Gasteiger partial charge in [0.2, 0.25) is 0 Å². The van der Waals surface area contributed by atoms with Crippen LogP contribution < -0.4 is 10.9 Å². The number of nitrogens with one attached hydrogen (secondary N) is 1. The molecule has 4 heterocycles. The van der Waals surface area contributed by atoms with E-state index in [0.29, 0.717) is 28.6 Å². The molecule has 7 heteroatoms. The molecule has 1 amide bonds. The Kier molecular flexibility index (Phi) is 5.67. The summed E-state index contributed by atoms with van der Waals surface area (Å²) in [6.07, 6.45) is 8.55. The first-order valence-electron chi connectivity index (χ1n) is 10.7. The average Bonchev–Trinajstić information content (AvgIpc) is 2.91. The lowest BCUT2D eigenvalue weighted by Crippen LogP contribution is -2.48. The van der Waals surface area contributed by atoms with Crippen LogP contribution in [0.25, 0.3) is 10.9 Å². The summed E-state index contributed by atoms with van der Waals surface area (Å²) in [5.41, 5.74) is 1.32. The van der Waals surface area contributed by atoms with Gasteiger partial charge in [-0.2, -0.15) is 0 Å². The molecule has 29 heavy (non-hydrogen) atoms. The number of aryl methyl sites for hydroxylation is 1. The second-order valence-corrected chi connectivity index (χ2v) is 8.71. The number of piperidine rings is 1. The third kappa shape index (κ3) is 3.68. The lowest BCUT2D eigenvalue weighted by Gasteiger charge is -2.35. The molecule has 0 spiro atoms. The number of fused-ring (bicyclic) bond motifs is 4. The van der Waals surface area contributed by atoms with Crippen LogP contribution in [-0.2, 0) is 13.0 Å². The number of aromatic nitrogens is 2. The molecule has 3 aliphatic heterocycles. The Morgan fingerprint density at radius 1 is 1.17 bits per heavy atom. The van der Waals surface area contributed by atoms with Crippen molar-refractivity contribution < 1.29 is 4.79 Å². The number of carbonyl (C=O) groups is 1. The first kappa shape index (κ1) is 20.4. The summed E-state index contributed by atoms with van der Waals surface area (Å²) < 4.78 is 1.83. The molecule has 1 N–H and O–H groups in total. The fourth-order valence-electron chi connectivity index (χ4n) is 5.26. The van der Waals surface area contributed by atoms with E-state index in [-0.39, 0.29) is 29.9 Å². The maximum Gasteiger partial charge on any atom is 0.261 e. The molecule has 3 aliphatic rings. The van der Waals surface area contributed by atoms with Crippen LogP contribution in [0.2, 0.25) is 0 Å². The van der Waals surface area contributed by atoms with Crippen molar-refractivity contribution in [1.82, 2.24) is 19.8 Å². The van der Waals surface area contributed by atoms with Gasteiger partial charge < -0.3 is 10.2 Å². The zero-order chi connectivity index (χ0) is 19.3. The monoisotopic (exact) mass is 416 g/mol. The highest BCUT2D eigenvalue weighted by Crippen LogP contribution is 2.30. The molecule has 2 bridgehead atoms. The zero-order valence-electron chi connectivity index (χ0n) is 16.9. The normalized spacial score (nSPS) is 25.8. The van der Waals surface area contributed by atoms with Crippen molar-refractivity contribution in [3.63, 3.8) is 0 Å². The maximum atomic E-state index is 13.1. The van der Waals surface area contributed by atoms with E-state index in [9.17, 15) is 9.59 Å². The van der Waals surface area contributed by atoms with Gasteiger partial charge in [0.25, 0.3) is 11.5 Å². The van der Waals surface area contributed by atoms with Gasteiger partial charge in [-0.3, -0.25) is 14.2 Å². The van der Waals surface area contributed by atoms with E-state index in [0.717, 1.165) is 50.9 Å². The van der Waals surface area contributed by atoms with Crippen LogP contribution in [0.15, 0.2) is 23.0 Å². The Morgan fingerprint density at radius 2 is 1.93 bits per heavy atom. The van der Waals surface area contributed by atoms with Crippen LogP contribution >= 0.6 is 12.4 Å². The summed E-state index contributed by atoms with van der Waals surface area (Å²) in [5, 5.41) is 4.25. The van der Waals surface area contributed by atoms with Crippen molar-refractivity contribution >= 4 is 29.2 Å². The SMILES string of the molecule is CN(C(=O)c1ccc2c(=O)n3c(nc2c1)CCCCC3)C1CC2CCC(C1)N2.Cl. The average molecular weight is 417 g/mol. The van der Waals surface area contributed by atoms with Crippen molar-refractivity contribution in [3.05, 3.63) is 39.9 Å². The molecule has 5 rings (SSSR count). The van der Waals surface area contributed by atoms with Crippen molar-refractivity contribution in [2.45, 2.75) is 76.0 Å². The van der Waals surface area contributed by atoms with Gasteiger partial charge in [-0.05, 0) is 56.7 Å². The smallest absolute Gasteiger partial charge is 0.261 e. The fraction of sp³-hybridized carbons (Fsp3) is 0.591. The number of rotatable bonds is 2. The first-order chi connectivity index (χ1) is 13.6. The first-order valence-corrected chi connectivity index (χ1v) is 10.7. The minimum atomic E-state index is 0. The lowest BCUT2D eigenvalue weighted by molar-refractivity contribution is 0.0682. The predicted molar refractivity (Wildman–Crippen MR) is 116 cm³/mol. The number of nitrogens with zero attached hydrogens (tertiary/aromatic N) is 3. The standard InChI is InChI=1S/C22H28N4O2.ClH/c1-25(17-12-15-7-8-16(13-17)23-15)21(27)14-6-9-18-19(11-14)24-20-5-3-2-4-10-26(20)22(18)28;/h6,9,11,15-17,23H,2-5,7-8,10,12-13H2,1H3;1H. The van der Waals surface area contributed by atoms with E-state index in [1.165, 1.54) is 12.8 Å². The molecular formula is C22H29ClN4O2. The molecular weight excluding hydrogens is 388 g/mol. The van der Waals surface area contributed by atoms with Crippen molar-refractivity contribution in [3.8, 4) is 0 Å². The van der Waals surface area contributed by atoms with E-state index in [1.807, 2.05) is 22.6 Å². The summed E-state index contributed by atoms with van der Waals surface area (Å²) in [5.74, 6) is 0.896. The van der Waals surface area contributed by atoms with Crippen LogP contribution in [0, 0.1) is 0 Å². The number of hydrogen-bond donors (Lipinski definition) is 1. The molecule has 1 aromatic carbocycles. The predicted octanol–water partition coefficient (Wildman–Crippen LogP) is 2.90. The number of carbonyl (C=O) groups excluding carboxylic acids is 1. The molecule has 2 aromatic rings. The van der Waals surface area contributed by atoms with Crippen LogP contribution in [0.5, 0.6) is 0 Å². The Hall–Kier alpha value is -1.92. The molecule has 156 valence electrons. The number of hydrogen-bond acceptors (Lipinski definition) is 4. The van der Waals surface area contributed by atoms with Crippen molar-refractivity contribution in [2.24, 2.45) is 0 Å². The lowest BCUT2D eigenvalue weighted by atomic mass is 9.98. The van der Waals surface area contributed by atoms with Crippen LogP contribution in [-0.4, -0.2) is 45.5 Å². The molecule has 2 saturated heterocycles. The van der Waals surface area contributed by atoms with Crippen molar-refractivity contribution in [2.75, 3.05) is 7.05 Å². The van der Waals surface area contributed by atoms with Crippen LogP contribution in [0.1, 0.15) is 61.1 Å². The summed E-state index contributed by atoms with van der Waals surface area (Å²) in [4.78, 5) is 32.7. The minimum Gasteiger partial charge on any atom is -0.339 e.